The quantitative estimate of drug-likeness (QED) is 0.862. The molecular formula is C16H27Cl2N3O2. The molecule has 0 radical (unpaired) electrons. The van der Waals surface area contributed by atoms with Crippen LogP contribution in [-0.4, -0.2) is 37.7 Å². The van der Waals surface area contributed by atoms with E-state index in [9.17, 15) is 4.79 Å². The van der Waals surface area contributed by atoms with Gasteiger partial charge in [-0.3, -0.25) is 4.79 Å². The van der Waals surface area contributed by atoms with Gasteiger partial charge in [-0.1, -0.05) is 6.07 Å². The van der Waals surface area contributed by atoms with Crippen LogP contribution >= 0.6 is 24.8 Å². The summed E-state index contributed by atoms with van der Waals surface area (Å²) in [6.45, 7) is 5.34. The predicted octanol–water partition coefficient (Wildman–Crippen LogP) is 2.82. The van der Waals surface area contributed by atoms with Crippen LogP contribution in [0.4, 0.5) is 11.4 Å². The van der Waals surface area contributed by atoms with Gasteiger partial charge in [0.2, 0.25) is 5.91 Å². The second-order valence-electron chi connectivity index (χ2n) is 5.98. The first-order valence-corrected chi connectivity index (χ1v) is 7.43. The summed E-state index contributed by atoms with van der Waals surface area (Å²) in [6, 6.07) is 8.23. The van der Waals surface area contributed by atoms with E-state index in [1.165, 1.54) is 0 Å². The Hall–Kier alpha value is -1.01. The first-order chi connectivity index (χ1) is 9.92. The van der Waals surface area contributed by atoms with E-state index in [2.05, 4.69) is 24.1 Å². The van der Waals surface area contributed by atoms with Crippen LogP contribution < -0.4 is 16.0 Å². The van der Waals surface area contributed by atoms with Crippen molar-refractivity contribution >= 4 is 42.1 Å². The van der Waals surface area contributed by atoms with Crippen LogP contribution in [0.25, 0.3) is 0 Å². The first-order valence-electron chi connectivity index (χ1n) is 7.43. The van der Waals surface area contributed by atoms with Crippen molar-refractivity contribution in [1.29, 1.82) is 0 Å². The number of halogens is 2. The molecule has 3 N–H and O–H groups in total. The van der Waals surface area contributed by atoms with Crippen LogP contribution in [0, 0.1) is 0 Å². The van der Waals surface area contributed by atoms with Crippen LogP contribution in [0.2, 0.25) is 0 Å². The number of benzene rings is 1. The normalized spacial score (nSPS) is 16.0. The summed E-state index contributed by atoms with van der Waals surface area (Å²) in [6.07, 6.45) is 1.12. The van der Waals surface area contributed by atoms with Gasteiger partial charge in [0.25, 0.3) is 0 Å². The second kappa shape index (κ2) is 9.33. The fourth-order valence-corrected chi connectivity index (χ4v) is 2.32. The third-order valence-corrected chi connectivity index (χ3v) is 4.12. The molecule has 0 spiro atoms. The molecule has 1 fully saturated rings. The number of anilines is 2. The average molecular weight is 364 g/mol. The molecule has 132 valence electrons. The molecule has 1 aromatic carbocycles. The van der Waals surface area contributed by atoms with Crippen molar-refractivity contribution in [2.24, 2.45) is 5.73 Å². The summed E-state index contributed by atoms with van der Waals surface area (Å²) in [4.78, 5) is 14.6. The monoisotopic (exact) mass is 363 g/mol. The Labute approximate surface area is 150 Å². The molecule has 0 aromatic heterocycles. The summed E-state index contributed by atoms with van der Waals surface area (Å²) in [5, 5.41) is 2.94. The lowest BCUT2D eigenvalue weighted by atomic mass is 9.90. The van der Waals surface area contributed by atoms with Gasteiger partial charge in [0.1, 0.15) is 5.54 Å². The van der Waals surface area contributed by atoms with Gasteiger partial charge in [-0.15, -0.1) is 24.8 Å². The largest absolute Gasteiger partial charge is 0.381 e. The van der Waals surface area contributed by atoms with Crippen LogP contribution in [0.5, 0.6) is 0 Å². The fraction of sp³-hybridized carbons (Fsp3) is 0.562. The van der Waals surface area contributed by atoms with Gasteiger partial charge in [0.05, 0.1) is 0 Å². The molecule has 1 heterocycles. The van der Waals surface area contributed by atoms with E-state index in [-0.39, 0.29) is 30.7 Å². The average Bonchev–Trinajstić information content (AvgIpc) is 2.47. The lowest BCUT2D eigenvalue weighted by molar-refractivity contribution is -0.124. The molecule has 1 aromatic rings. The molecule has 0 aliphatic carbocycles. The summed E-state index contributed by atoms with van der Waals surface area (Å²) in [7, 11) is 2.04. The molecule has 0 saturated carbocycles. The van der Waals surface area contributed by atoms with Gasteiger partial charge in [-0.2, -0.15) is 0 Å². The lowest BCUT2D eigenvalue weighted by Crippen LogP contribution is -2.54. The number of nitrogens with one attached hydrogen (secondary N) is 1. The molecule has 1 amide bonds. The smallest absolute Gasteiger partial charge is 0.244 e. The zero-order valence-electron chi connectivity index (χ0n) is 13.9. The third-order valence-electron chi connectivity index (χ3n) is 4.12. The van der Waals surface area contributed by atoms with Crippen LogP contribution in [0.15, 0.2) is 24.3 Å². The Bertz CT molecular complexity index is 506. The van der Waals surface area contributed by atoms with E-state index in [4.69, 9.17) is 10.5 Å². The second-order valence-corrected chi connectivity index (χ2v) is 5.98. The molecule has 0 unspecified atom stereocenters. The van der Waals surface area contributed by atoms with E-state index in [0.717, 1.165) is 11.4 Å². The van der Waals surface area contributed by atoms with Gasteiger partial charge in [0, 0.05) is 37.7 Å². The summed E-state index contributed by atoms with van der Waals surface area (Å²) >= 11 is 0. The SMILES string of the molecule is CC(C)N(C)c1cccc(NC(=O)C2(N)CCOCC2)c1.Cl.Cl. The maximum Gasteiger partial charge on any atom is 0.244 e. The Morgan fingerprint density at radius 3 is 2.48 bits per heavy atom. The maximum atomic E-state index is 12.4. The van der Waals surface area contributed by atoms with Gasteiger partial charge in [-0.25, -0.2) is 0 Å². The number of ether oxygens (including phenoxy) is 1. The Balaban J connectivity index is 0.00000242. The molecular weight excluding hydrogens is 337 g/mol. The Morgan fingerprint density at radius 2 is 1.91 bits per heavy atom. The van der Waals surface area contributed by atoms with Gasteiger partial charge in [-0.05, 0) is 44.9 Å². The van der Waals surface area contributed by atoms with Crippen molar-refractivity contribution in [3.05, 3.63) is 24.3 Å². The zero-order chi connectivity index (χ0) is 15.5. The number of carbonyl (C=O) groups is 1. The lowest BCUT2D eigenvalue weighted by Gasteiger charge is -2.32. The van der Waals surface area contributed by atoms with Crippen molar-refractivity contribution in [2.45, 2.75) is 38.3 Å². The Morgan fingerprint density at radius 1 is 1.30 bits per heavy atom. The highest BCUT2D eigenvalue weighted by Crippen LogP contribution is 2.23. The van der Waals surface area contributed by atoms with E-state index in [0.29, 0.717) is 32.1 Å². The maximum absolute atomic E-state index is 12.4. The van der Waals surface area contributed by atoms with E-state index in [1.807, 2.05) is 31.3 Å². The van der Waals surface area contributed by atoms with Crippen LogP contribution in [0.1, 0.15) is 26.7 Å². The minimum atomic E-state index is -0.821. The number of nitrogens with two attached hydrogens (primary N) is 1. The standard InChI is InChI=1S/C16H25N3O2.2ClH/c1-12(2)19(3)14-6-4-5-13(11-14)18-15(20)16(17)7-9-21-10-8-16;;/h4-6,11-12H,7-10,17H2,1-3H3,(H,18,20);2*1H. The van der Waals surface area contributed by atoms with Crippen molar-refractivity contribution in [3.63, 3.8) is 0 Å². The molecule has 1 aliphatic rings. The summed E-state index contributed by atoms with van der Waals surface area (Å²) in [5.41, 5.74) is 7.22. The van der Waals surface area contributed by atoms with Crippen LogP contribution in [-0.2, 0) is 9.53 Å². The molecule has 2 rings (SSSR count). The zero-order valence-corrected chi connectivity index (χ0v) is 15.5. The molecule has 0 bridgehead atoms. The fourth-order valence-electron chi connectivity index (χ4n) is 2.32. The van der Waals surface area contributed by atoms with Crippen molar-refractivity contribution < 1.29 is 9.53 Å². The van der Waals surface area contributed by atoms with Crippen molar-refractivity contribution in [3.8, 4) is 0 Å². The highest BCUT2D eigenvalue weighted by molar-refractivity contribution is 5.98. The number of carbonyl (C=O) groups excluding carboxylic acids is 1. The third kappa shape index (κ3) is 5.53. The summed E-state index contributed by atoms with van der Waals surface area (Å²) < 4.78 is 5.28. The van der Waals surface area contributed by atoms with Crippen LogP contribution in [0.3, 0.4) is 0 Å². The number of amides is 1. The minimum Gasteiger partial charge on any atom is -0.381 e. The van der Waals surface area contributed by atoms with Crippen molar-refractivity contribution in [2.75, 3.05) is 30.5 Å². The molecule has 23 heavy (non-hydrogen) atoms. The topological polar surface area (TPSA) is 67.6 Å². The number of hydrogen-bond acceptors (Lipinski definition) is 4. The molecule has 5 nitrogen and oxygen atoms in total. The predicted molar refractivity (Wildman–Crippen MR) is 100 cm³/mol. The molecule has 1 aliphatic heterocycles. The number of nitrogens with zero attached hydrogens (tertiary/aromatic N) is 1. The van der Waals surface area contributed by atoms with E-state index in [1.54, 1.807) is 0 Å². The molecule has 7 heteroatoms. The minimum absolute atomic E-state index is 0. The van der Waals surface area contributed by atoms with E-state index < -0.39 is 5.54 Å². The van der Waals surface area contributed by atoms with Gasteiger partial charge >= 0.3 is 0 Å². The van der Waals surface area contributed by atoms with Gasteiger partial charge in [0.15, 0.2) is 0 Å². The summed E-state index contributed by atoms with van der Waals surface area (Å²) in [5.74, 6) is -0.129. The first kappa shape index (κ1) is 22.0. The highest BCUT2D eigenvalue weighted by Gasteiger charge is 2.35. The van der Waals surface area contributed by atoms with Crippen molar-refractivity contribution in [1.82, 2.24) is 0 Å². The number of hydrogen-bond donors (Lipinski definition) is 2. The number of rotatable bonds is 4. The van der Waals surface area contributed by atoms with Gasteiger partial charge < -0.3 is 20.7 Å². The molecule has 1 saturated heterocycles. The highest BCUT2D eigenvalue weighted by atomic mass is 35.5. The molecule has 0 atom stereocenters. The Kier molecular flexibility index (Phi) is 8.92. The van der Waals surface area contributed by atoms with E-state index >= 15 is 0 Å².